The number of hydrogen-bond acceptors (Lipinski definition) is 3. The van der Waals surface area contributed by atoms with Crippen LogP contribution in [-0.2, 0) is 11.2 Å². The van der Waals surface area contributed by atoms with E-state index in [0.717, 1.165) is 35.4 Å². The highest BCUT2D eigenvalue weighted by atomic mass is 79.9. The Labute approximate surface area is 134 Å². The van der Waals surface area contributed by atoms with Crippen LogP contribution in [0.3, 0.4) is 0 Å². The molecule has 2 rings (SSSR count). The monoisotopic (exact) mass is 362 g/mol. The lowest BCUT2D eigenvalue weighted by Gasteiger charge is -2.34. The van der Waals surface area contributed by atoms with E-state index in [1.807, 2.05) is 23.1 Å². The maximum Gasteiger partial charge on any atom is 0.227 e. The van der Waals surface area contributed by atoms with Gasteiger partial charge in [0.05, 0.1) is 18.0 Å². The fourth-order valence-electron chi connectivity index (χ4n) is 2.31. The van der Waals surface area contributed by atoms with Crippen molar-refractivity contribution in [1.29, 1.82) is 0 Å². The summed E-state index contributed by atoms with van der Waals surface area (Å²) in [4.78, 5) is 14.2. The molecule has 4 nitrogen and oxygen atoms in total. The van der Waals surface area contributed by atoms with Gasteiger partial charge in [-0.15, -0.1) is 12.4 Å². The average Bonchev–Trinajstić information content (AvgIpc) is 2.39. The van der Waals surface area contributed by atoms with Crippen molar-refractivity contribution >= 4 is 34.2 Å². The Balaban J connectivity index is 0.00000200. The molecule has 0 aliphatic carbocycles. The van der Waals surface area contributed by atoms with Crippen molar-refractivity contribution in [1.82, 2.24) is 10.2 Å². The number of nitrogens with zero attached hydrogens (tertiary/aromatic N) is 1. The molecule has 0 radical (unpaired) electrons. The number of halogens is 2. The highest BCUT2D eigenvalue weighted by Crippen LogP contribution is 2.26. The number of carbonyl (C=O) groups excluding carboxylic acids is 1. The molecule has 0 saturated carbocycles. The minimum Gasteiger partial charge on any atom is -0.496 e. The molecule has 20 heavy (non-hydrogen) atoms. The van der Waals surface area contributed by atoms with E-state index >= 15 is 0 Å². The number of ether oxygens (including phenoxy) is 1. The smallest absolute Gasteiger partial charge is 0.227 e. The lowest BCUT2D eigenvalue weighted by Crippen LogP contribution is -2.52. The van der Waals surface area contributed by atoms with Crippen molar-refractivity contribution < 1.29 is 9.53 Å². The number of hydrogen-bond donors (Lipinski definition) is 1. The summed E-state index contributed by atoms with van der Waals surface area (Å²) < 4.78 is 6.07. The second kappa shape index (κ2) is 7.86. The van der Waals surface area contributed by atoms with Crippen LogP contribution in [0, 0.1) is 0 Å². The van der Waals surface area contributed by atoms with Gasteiger partial charge in [-0.05, 0) is 40.5 Å². The Hall–Kier alpha value is -0.780. The van der Waals surface area contributed by atoms with Crippen LogP contribution in [0.2, 0.25) is 0 Å². The lowest BCUT2D eigenvalue weighted by atomic mass is 10.1. The first-order chi connectivity index (χ1) is 9.11. The summed E-state index contributed by atoms with van der Waals surface area (Å²) in [5.74, 6) is 0.970. The zero-order chi connectivity index (χ0) is 13.8. The number of amides is 1. The minimum atomic E-state index is 0. The van der Waals surface area contributed by atoms with Gasteiger partial charge in [0.2, 0.25) is 5.91 Å². The highest BCUT2D eigenvalue weighted by molar-refractivity contribution is 9.10. The van der Waals surface area contributed by atoms with Crippen LogP contribution in [0.4, 0.5) is 0 Å². The quantitative estimate of drug-likeness (QED) is 0.895. The van der Waals surface area contributed by atoms with Gasteiger partial charge >= 0.3 is 0 Å². The average molecular weight is 364 g/mol. The van der Waals surface area contributed by atoms with E-state index in [-0.39, 0.29) is 24.4 Å². The molecule has 1 saturated heterocycles. The predicted molar refractivity (Wildman–Crippen MR) is 85.7 cm³/mol. The summed E-state index contributed by atoms with van der Waals surface area (Å²) >= 11 is 3.45. The molecule has 0 spiro atoms. The SMILES string of the molecule is COc1ccc(CC(=O)N2CCNCC2C)cc1Br.Cl. The molecule has 0 bridgehead atoms. The molecule has 112 valence electrons. The molecule has 0 aromatic heterocycles. The van der Waals surface area contributed by atoms with Crippen LogP contribution >= 0.6 is 28.3 Å². The van der Waals surface area contributed by atoms with Gasteiger partial charge in [-0.3, -0.25) is 4.79 Å². The van der Waals surface area contributed by atoms with Gasteiger partial charge in [-0.25, -0.2) is 0 Å². The van der Waals surface area contributed by atoms with Crippen LogP contribution in [-0.4, -0.2) is 43.6 Å². The van der Waals surface area contributed by atoms with Gasteiger partial charge in [-0.1, -0.05) is 6.07 Å². The summed E-state index contributed by atoms with van der Waals surface area (Å²) in [5.41, 5.74) is 1.00. The third-order valence-corrected chi connectivity index (χ3v) is 4.01. The molecule has 1 unspecified atom stereocenters. The van der Waals surface area contributed by atoms with E-state index in [2.05, 4.69) is 28.2 Å². The summed E-state index contributed by atoms with van der Waals surface area (Å²) in [6, 6.07) is 6.04. The molecule has 1 fully saturated rings. The van der Waals surface area contributed by atoms with E-state index in [1.165, 1.54) is 0 Å². The Morgan fingerprint density at radius 3 is 2.90 bits per heavy atom. The third-order valence-electron chi connectivity index (χ3n) is 3.39. The topological polar surface area (TPSA) is 41.6 Å². The van der Waals surface area contributed by atoms with E-state index in [0.29, 0.717) is 6.42 Å². The number of carbonyl (C=O) groups is 1. The maximum absolute atomic E-state index is 12.3. The molecule has 1 N–H and O–H groups in total. The summed E-state index contributed by atoms with van der Waals surface area (Å²) in [6.45, 7) is 4.62. The second-order valence-corrected chi connectivity index (χ2v) is 5.64. The van der Waals surface area contributed by atoms with Crippen LogP contribution in [0.5, 0.6) is 5.75 Å². The Morgan fingerprint density at radius 1 is 1.55 bits per heavy atom. The molecule has 1 heterocycles. The van der Waals surface area contributed by atoms with Crippen LogP contribution in [0.25, 0.3) is 0 Å². The largest absolute Gasteiger partial charge is 0.496 e. The first-order valence-electron chi connectivity index (χ1n) is 6.44. The van der Waals surface area contributed by atoms with Gasteiger partial charge in [0.15, 0.2) is 0 Å². The first-order valence-corrected chi connectivity index (χ1v) is 7.23. The van der Waals surface area contributed by atoms with Crippen LogP contribution in [0.1, 0.15) is 12.5 Å². The molecule has 1 amide bonds. The number of methoxy groups -OCH3 is 1. The first kappa shape index (κ1) is 17.3. The lowest BCUT2D eigenvalue weighted by molar-refractivity contribution is -0.133. The fraction of sp³-hybridized carbons (Fsp3) is 0.500. The van der Waals surface area contributed by atoms with Crippen LogP contribution in [0.15, 0.2) is 22.7 Å². The highest BCUT2D eigenvalue weighted by Gasteiger charge is 2.22. The summed E-state index contributed by atoms with van der Waals surface area (Å²) in [6.07, 6.45) is 0.437. The number of rotatable bonds is 3. The van der Waals surface area contributed by atoms with Crippen molar-refractivity contribution in [2.24, 2.45) is 0 Å². The Morgan fingerprint density at radius 2 is 2.30 bits per heavy atom. The molecule has 1 aromatic carbocycles. The van der Waals surface area contributed by atoms with Gasteiger partial charge in [0, 0.05) is 25.7 Å². The van der Waals surface area contributed by atoms with Crippen LogP contribution < -0.4 is 10.1 Å². The molecule has 1 aliphatic rings. The molecule has 1 aliphatic heterocycles. The van der Waals surface area contributed by atoms with Gasteiger partial charge < -0.3 is 15.0 Å². The predicted octanol–water partition coefficient (Wildman–Crippen LogP) is 2.24. The number of benzene rings is 1. The van der Waals surface area contributed by atoms with Crippen molar-refractivity contribution in [2.45, 2.75) is 19.4 Å². The third kappa shape index (κ3) is 4.11. The number of piperazine rings is 1. The Kier molecular flexibility index (Phi) is 6.79. The normalized spacial score (nSPS) is 18.4. The Bertz CT molecular complexity index is 470. The standard InChI is InChI=1S/C14H19BrN2O2.ClH/c1-10-9-16-5-6-17(10)14(18)8-11-3-4-13(19-2)12(15)7-11;/h3-4,7,10,16H,5-6,8-9H2,1-2H3;1H. The summed E-state index contributed by atoms with van der Waals surface area (Å²) in [7, 11) is 1.63. The molecule has 1 aromatic rings. The van der Waals surface area contributed by atoms with Crippen molar-refractivity contribution in [2.75, 3.05) is 26.7 Å². The molecular weight excluding hydrogens is 344 g/mol. The fourth-order valence-corrected chi connectivity index (χ4v) is 2.90. The summed E-state index contributed by atoms with van der Waals surface area (Å²) in [5, 5.41) is 3.29. The van der Waals surface area contributed by atoms with Crippen molar-refractivity contribution in [3.63, 3.8) is 0 Å². The van der Waals surface area contributed by atoms with E-state index in [9.17, 15) is 4.79 Å². The van der Waals surface area contributed by atoms with Crippen molar-refractivity contribution in [3.05, 3.63) is 28.2 Å². The van der Waals surface area contributed by atoms with Crippen molar-refractivity contribution in [3.8, 4) is 5.75 Å². The van der Waals surface area contributed by atoms with Gasteiger partial charge in [-0.2, -0.15) is 0 Å². The van der Waals surface area contributed by atoms with Gasteiger partial charge in [0.25, 0.3) is 0 Å². The molecular formula is C14H20BrClN2O2. The van der Waals surface area contributed by atoms with E-state index in [4.69, 9.17) is 4.74 Å². The van der Waals surface area contributed by atoms with E-state index in [1.54, 1.807) is 7.11 Å². The number of nitrogens with one attached hydrogen (secondary N) is 1. The maximum atomic E-state index is 12.3. The zero-order valence-electron chi connectivity index (χ0n) is 11.7. The molecule has 1 atom stereocenters. The van der Waals surface area contributed by atoms with E-state index < -0.39 is 0 Å². The van der Waals surface area contributed by atoms with Gasteiger partial charge in [0.1, 0.15) is 5.75 Å². The zero-order valence-corrected chi connectivity index (χ0v) is 14.1. The molecule has 6 heteroatoms. The second-order valence-electron chi connectivity index (χ2n) is 4.79. The minimum absolute atomic E-state index is 0.